The van der Waals surface area contributed by atoms with Crippen LogP contribution in [0.2, 0.25) is 0 Å². The lowest BCUT2D eigenvalue weighted by molar-refractivity contribution is 0.171. The van der Waals surface area contributed by atoms with Crippen molar-refractivity contribution < 1.29 is 23.7 Å². The SMILES string of the molecule is COc1cc(-c2cnn(-c3ccc4c(c3)OCCO4)c2)cc(F)c1O. The molecule has 1 aromatic heterocycles. The van der Waals surface area contributed by atoms with Crippen molar-refractivity contribution in [1.82, 2.24) is 9.78 Å². The predicted molar refractivity (Wildman–Crippen MR) is 88.2 cm³/mol. The maximum absolute atomic E-state index is 13.8. The summed E-state index contributed by atoms with van der Waals surface area (Å²) in [5.41, 5.74) is 2.03. The molecule has 128 valence electrons. The molecule has 0 spiro atoms. The molecule has 2 aromatic carbocycles. The first-order chi connectivity index (χ1) is 12.2. The third-order valence-electron chi connectivity index (χ3n) is 3.95. The van der Waals surface area contributed by atoms with E-state index in [0.717, 1.165) is 5.69 Å². The molecule has 1 N–H and O–H groups in total. The Labute approximate surface area is 143 Å². The van der Waals surface area contributed by atoms with Crippen LogP contribution in [-0.2, 0) is 0 Å². The fourth-order valence-electron chi connectivity index (χ4n) is 2.68. The van der Waals surface area contributed by atoms with Crippen LogP contribution < -0.4 is 14.2 Å². The molecule has 1 aliphatic rings. The number of nitrogens with zero attached hydrogens (tertiary/aromatic N) is 2. The van der Waals surface area contributed by atoms with Gasteiger partial charge in [0.15, 0.2) is 28.8 Å². The highest BCUT2D eigenvalue weighted by Gasteiger charge is 2.15. The second kappa shape index (κ2) is 6.01. The van der Waals surface area contributed by atoms with Crippen LogP contribution in [0.3, 0.4) is 0 Å². The maximum atomic E-state index is 13.8. The second-order valence-corrected chi connectivity index (χ2v) is 5.51. The van der Waals surface area contributed by atoms with E-state index >= 15 is 0 Å². The topological polar surface area (TPSA) is 65.7 Å². The van der Waals surface area contributed by atoms with Gasteiger partial charge in [-0.15, -0.1) is 0 Å². The van der Waals surface area contributed by atoms with Crippen LogP contribution in [0.4, 0.5) is 4.39 Å². The summed E-state index contributed by atoms with van der Waals surface area (Å²) in [4.78, 5) is 0. The van der Waals surface area contributed by atoms with E-state index in [4.69, 9.17) is 14.2 Å². The average molecular weight is 342 g/mol. The Morgan fingerprint density at radius 3 is 2.72 bits per heavy atom. The Morgan fingerprint density at radius 2 is 1.92 bits per heavy atom. The Kier molecular flexibility index (Phi) is 3.68. The maximum Gasteiger partial charge on any atom is 0.194 e. The Bertz CT molecular complexity index is 939. The summed E-state index contributed by atoms with van der Waals surface area (Å²) in [5.74, 6) is 0.180. The van der Waals surface area contributed by atoms with E-state index < -0.39 is 11.6 Å². The van der Waals surface area contributed by atoms with Gasteiger partial charge in [0.05, 0.1) is 19.0 Å². The zero-order valence-electron chi connectivity index (χ0n) is 13.4. The number of methoxy groups -OCH3 is 1. The van der Waals surface area contributed by atoms with E-state index in [1.807, 2.05) is 18.2 Å². The highest BCUT2D eigenvalue weighted by molar-refractivity contribution is 5.66. The minimum Gasteiger partial charge on any atom is -0.502 e. The van der Waals surface area contributed by atoms with Crippen molar-refractivity contribution >= 4 is 0 Å². The summed E-state index contributed by atoms with van der Waals surface area (Å²) in [6.07, 6.45) is 3.37. The normalized spacial score (nSPS) is 12.9. The molecule has 2 heterocycles. The summed E-state index contributed by atoms with van der Waals surface area (Å²) < 4.78 is 31.6. The Hall–Kier alpha value is -3.22. The first kappa shape index (κ1) is 15.3. The molecule has 7 heteroatoms. The average Bonchev–Trinajstić information content (AvgIpc) is 3.13. The summed E-state index contributed by atoms with van der Waals surface area (Å²) in [7, 11) is 1.37. The molecule has 0 radical (unpaired) electrons. The zero-order chi connectivity index (χ0) is 17.4. The number of fused-ring (bicyclic) bond motifs is 1. The number of hydrogen-bond donors (Lipinski definition) is 1. The van der Waals surface area contributed by atoms with E-state index in [1.165, 1.54) is 13.2 Å². The van der Waals surface area contributed by atoms with E-state index in [0.29, 0.717) is 35.8 Å². The number of aromatic hydroxyl groups is 1. The van der Waals surface area contributed by atoms with Gasteiger partial charge >= 0.3 is 0 Å². The van der Waals surface area contributed by atoms with Gasteiger partial charge < -0.3 is 19.3 Å². The highest BCUT2D eigenvalue weighted by Crippen LogP contribution is 2.35. The zero-order valence-corrected chi connectivity index (χ0v) is 13.4. The van der Waals surface area contributed by atoms with Crippen LogP contribution in [-0.4, -0.2) is 35.2 Å². The number of hydrogen-bond acceptors (Lipinski definition) is 5. The van der Waals surface area contributed by atoms with E-state index in [9.17, 15) is 9.50 Å². The van der Waals surface area contributed by atoms with Gasteiger partial charge in [0.2, 0.25) is 0 Å². The number of ether oxygens (including phenoxy) is 3. The van der Waals surface area contributed by atoms with Crippen molar-refractivity contribution in [1.29, 1.82) is 0 Å². The van der Waals surface area contributed by atoms with Crippen molar-refractivity contribution in [2.24, 2.45) is 0 Å². The first-order valence-electron chi connectivity index (χ1n) is 7.67. The molecule has 6 nitrogen and oxygen atoms in total. The van der Waals surface area contributed by atoms with Gasteiger partial charge in [-0.25, -0.2) is 9.07 Å². The molecule has 0 fully saturated rings. The fourth-order valence-corrected chi connectivity index (χ4v) is 2.68. The lowest BCUT2D eigenvalue weighted by Gasteiger charge is -2.18. The van der Waals surface area contributed by atoms with Gasteiger partial charge in [0.25, 0.3) is 0 Å². The molecule has 0 bridgehead atoms. The highest BCUT2D eigenvalue weighted by atomic mass is 19.1. The molecule has 1 aliphatic heterocycles. The van der Waals surface area contributed by atoms with Gasteiger partial charge in [-0.3, -0.25) is 0 Å². The first-order valence-corrected chi connectivity index (χ1v) is 7.67. The number of aromatic nitrogens is 2. The summed E-state index contributed by atoms with van der Waals surface area (Å²) >= 11 is 0. The molecular formula is C18H15FN2O4. The van der Waals surface area contributed by atoms with E-state index in [2.05, 4.69) is 5.10 Å². The lowest BCUT2D eigenvalue weighted by atomic mass is 10.1. The Balaban J connectivity index is 1.70. The quantitative estimate of drug-likeness (QED) is 0.792. The van der Waals surface area contributed by atoms with Crippen LogP contribution in [0.15, 0.2) is 42.7 Å². The molecule has 0 saturated carbocycles. The second-order valence-electron chi connectivity index (χ2n) is 5.51. The third kappa shape index (κ3) is 2.73. The van der Waals surface area contributed by atoms with Gasteiger partial charge in [-0.05, 0) is 29.8 Å². The van der Waals surface area contributed by atoms with Crippen molar-refractivity contribution in [2.75, 3.05) is 20.3 Å². The van der Waals surface area contributed by atoms with E-state index in [-0.39, 0.29) is 5.75 Å². The minimum absolute atomic E-state index is 0.0714. The molecular weight excluding hydrogens is 327 g/mol. The predicted octanol–water partition coefficient (Wildman–Crippen LogP) is 3.16. The van der Waals surface area contributed by atoms with Gasteiger partial charge in [-0.1, -0.05) is 0 Å². The molecule has 0 saturated heterocycles. The van der Waals surface area contributed by atoms with Crippen molar-refractivity contribution in [3.05, 3.63) is 48.5 Å². The molecule has 0 aliphatic carbocycles. The van der Waals surface area contributed by atoms with Crippen LogP contribution in [0.5, 0.6) is 23.0 Å². The minimum atomic E-state index is -0.749. The lowest BCUT2D eigenvalue weighted by Crippen LogP contribution is -2.15. The van der Waals surface area contributed by atoms with Gasteiger partial charge in [0, 0.05) is 17.8 Å². The number of halogens is 1. The molecule has 0 atom stereocenters. The summed E-state index contributed by atoms with van der Waals surface area (Å²) in [6.45, 7) is 1.04. The smallest absolute Gasteiger partial charge is 0.194 e. The van der Waals surface area contributed by atoms with Crippen LogP contribution in [0.25, 0.3) is 16.8 Å². The summed E-state index contributed by atoms with van der Waals surface area (Å²) in [6, 6.07) is 8.33. The van der Waals surface area contributed by atoms with Crippen LogP contribution in [0.1, 0.15) is 0 Å². The van der Waals surface area contributed by atoms with Crippen molar-refractivity contribution in [3.8, 4) is 39.8 Å². The molecule has 0 amide bonds. The summed E-state index contributed by atoms with van der Waals surface area (Å²) in [5, 5.41) is 13.9. The largest absolute Gasteiger partial charge is 0.502 e. The number of rotatable bonds is 3. The Morgan fingerprint density at radius 1 is 1.12 bits per heavy atom. The van der Waals surface area contributed by atoms with Crippen LogP contribution in [0, 0.1) is 5.82 Å². The van der Waals surface area contributed by atoms with Crippen LogP contribution >= 0.6 is 0 Å². The fraction of sp³-hybridized carbons (Fsp3) is 0.167. The number of benzene rings is 2. The standard InChI is InChI=1S/C18H15FN2O4/c1-23-17-7-11(6-14(19)18(17)22)12-9-20-21(10-12)13-2-3-15-16(8-13)25-5-4-24-15/h2-3,6-10,22H,4-5H2,1H3. The monoisotopic (exact) mass is 342 g/mol. The van der Waals surface area contributed by atoms with Gasteiger partial charge in [0.1, 0.15) is 13.2 Å². The molecule has 25 heavy (non-hydrogen) atoms. The van der Waals surface area contributed by atoms with Gasteiger partial charge in [-0.2, -0.15) is 5.10 Å². The number of phenolic OH excluding ortho intramolecular Hbond substituents is 1. The molecule has 0 unspecified atom stereocenters. The van der Waals surface area contributed by atoms with Crippen molar-refractivity contribution in [3.63, 3.8) is 0 Å². The molecule has 3 aromatic rings. The van der Waals surface area contributed by atoms with E-state index in [1.54, 1.807) is 23.1 Å². The third-order valence-corrected chi connectivity index (χ3v) is 3.95. The number of phenols is 1. The molecule has 4 rings (SSSR count). The van der Waals surface area contributed by atoms with Crippen molar-refractivity contribution in [2.45, 2.75) is 0 Å².